The van der Waals surface area contributed by atoms with E-state index in [2.05, 4.69) is 24.3 Å². The van der Waals surface area contributed by atoms with Gasteiger partial charge in [-0.15, -0.1) is 0 Å². The molecule has 2 unspecified atom stereocenters. The molecule has 3 aromatic carbocycles. The number of hydrogen-bond donors (Lipinski definition) is 0. The van der Waals surface area contributed by atoms with E-state index in [0.717, 1.165) is 91.5 Å². The van der Waals surface area contributed by atoms with E-state index in [1.165, 1.54) is 11.1 Å². The predicted molar refractivity (Wildman–Crippen MR) is 205 cm³/mol. The van der Waals surface area contributed by atoms with Crippen molar-refractivity contribution in [3.8, 4) is 17.2 Å². The van der Waals surface area contributed by atoms with E-state index < -0.39 is 40.5 Å². The molecule has 7 nitrogen and oxygen atoms in total. The van der Waals surface area contributed by atoms with Crippen LogP contribution in [0.4, 0.5) is 22.0 Å². The average Bonchev–Trinajstić information content (AvgIpc) is 3.36. The molecule has 6 rings (SSSR count). The maximum absolute atomic E-state index is 13.1. The molecule has 3 aromatic rings. The third-order valence-electron chi connectivity index (χ3n) is 10.4. The van der Waals surface area contributed by atoms with Crippen LogP contribution >= 0.6 is 0 Å². The number of fused-ring (bicyclic) bond motifs is 1. The molecule has 306 valence electrons. The molecule has 3 aliphatic rings. The zero-order valence-electron chi connectivity index (χ0n) is 31.6. The van der Waals surface area contributed by atoms with Crippen LogP contribution in [0.3, 0.4) is 0 Å². The Bertz CT molecular complexity index is 1850. The number of ether oxygens (including phenoxy) is 5. The van der Waals surface area contributed by atoms with E-state index in [4.69, 9.17) is 23.7 Å². The third-order valence-corrected chi connectivity index (χ3v) is 12.2. The van der Waals surface area contributed by atoms with Gasteiger partial charge in [0.05, 0.1) is 31.3 Å². The van der Waals surface area contributed by atoms with Crippen molar-refractivity contribution in [3.05, 3.63) is 89.0 Å². The Balaban J connectivity index is 1.11. The first-order chi connectivity index (χ1) is 26.9. The summed E-state index contributed by atoms with van der Waals surface area (Å²) >= 11 is 0. The molecule has 0 saturated carbocycles. The molecule has 0 radical (unpaired) electrons. The number of sulfone groups is 1. The smallest absolute Gasteiger partial charge is 0.453 e. The van der Waals surface area contributed by atoms with E-state index in [9.17, 15) is 30.4 Å². The Morgan fingerprint density at radius 1 is 0.643 bits per heavy atom. The van der Waals surface area contributed by atoms with Crippen molar-refractivity contribution in [3.63, 3.8) is 0 Å². The third kappa shape index (κ3) is 11.7. The summed E-state index contributed by atoms with van der Waals surface area (Å²) in [5.41, 5.74) is 6.86. The molecule has 2 heterocycles. The fourth-order valence-electron chi connectivity index (χ4n) is 7.37. The first kappa shape index (κ1) is 41.9. The van der Waals surface area contributed by atoms with Gasteiger partial charge < -0.3 is 23.7 Å². The molecule has 1 aliphatic carbocycles. The van der Waals surface area contributed by atoms with Crippen LogP contribution in [-0.2, 0) is 25.7 Å². The maximum atomic E-state index is 13.1. The molecule has 56 heavy (non-hydrogen) atoms. The van der Waals surface area contributed by atoms with Gasteiger partial charge in [-0.1, -0.05) is 30.3 Å². The lowest BCUT2D eigenvalue weighted by Gasteiger charge is -2.24. The molecule has 0 bridgehead atoms. The molecule has 0 spiro atoms. The number of alkyl halides is 5. The second kappa shape index (κ2) is 19.2. The molecule has 2 atom stereocenters. The second-order valence-corrected chi connectivity index (χ2v) is 17.1. The van der Waals surface area contributed by atoms with Gasteiger partial charge in [0.2, 0.25) is 0 Å². The van der Waals surface area contributed by atoms with Gasteiger partial charge in [0.15, 0.2) is 12.6 Å². The minimum absolute atomic E-state index is 0.223. The summed E-state index contributed by atoms with van der Waals surface area (Å²) in [6.45, 7) is 1.76. The van der Waals surface area contributed by atoms with Gasteiger partial charge in [-0.05, 0) is 140 Å². The van der Waals surface area contributed by atoms with Crippen molar-refractivity contribution in [1.82, 2.24) is 0 Å². The summed E-state index contributed by atoms with van der Waals surface area (Å²) in [6.07, 6.45) is 1.62. The quantitative estimate of drug-likeness (QED) is 0.0993. The average molecular weight is 807 g/mol. The van der Waals surface area contributed by atoms with Gasteiger partial charge in [0, 0.05) is 19.3 Å². The van der Waals surface area contributed by atoms with Crippen LogP contribution in [0.25, 0.3) is 11.1 Å². The SMILES string of the molecule is O=S(=O)(CCCCCOc1ccc(C2=C(c3ccc(OC4CCCCO4)cc3)CCCc3cc(OC4CCCCO4)ccc32)cc1)CCCC(F)(F)C(F)(F)F. The van der Waals surface area contributed by atoms with Crippen LogP contribution in [0.1, 0.15) is 106 Å². The first-order valence-corrected chi connectivity index (χ1v) is 21.6. The summed E-state index contributed by atoms with van der Waals surface area (Å²) in [6, 6.07) is 22.5. The minimum atomic E-state index is -5.68. The molecular weight excluding hydrogens is 756 g/mol. The van der Waals surface area contributed by atoms with Crippen LogP contribution in [0.2, 0.25) is 0 Å². The number of halogens is 5. The summed E-state index contributed by atoms with van der Waals surface area (Å²) < 4.78 is 118. The van der Waals surface area contributed by atoms with Crippen LogP contribution in [-0.4, -0.2) is 64.4 Å². The summed E-state index contributed by atoms with van der Waals surface area (Å²) in [5.74, 6) is -3.64. The Morgan fingerprint density at radius 2 is 1.25 bits per heavy atom. The first-order valence-electron chi connectivity index (χ1n) is 19.8. The molecule has 0 aromatic heterocycles. The summed E-state index contributed by atoms with van der Waals surface area (Å²) in [7, 11) is -3.74. The van der Waals surface area contributed by atoms with Gasteiger partial charge >= 0.3 is 12.1 Å². The topological polar surface area (TPSA) is 80.3 Å². The van der Waals surface area contributed by atoms with Crippen molar-refractivity contribution in [2.45, 2.75) is 115 Å². The molecule has 13 heteroatoms. The second-order valence-electron chi connectivity index (χ2n) is 14.8. The van der Waals surface area contributed by atoms with Crippen LogP contribution in [0.15, 0.2) is 66.7 Å². The monoisotopic (exact) mass is 806 g/mol. The maximum Gasteiger partial charge on any atom is 0.453 e. The zero-order valence-corrected chi connectivity index (χ0v) is 32.4. The Kier molecular flexibility index (Phi) is 14.4. The predicted octanol–water partition coefficient (Wildman–Crippen LogP) is 10.7. The minimum Gasteiger partial charge on any atom is -0.494 e. The number of unbranched alkanes of at least 4 members (excludes halogenated alkanes) is 2. The molecule has 2 saturated heterocycles. The molecule has 2 aliphatic heterocycles. The zero-order chi connectivity index (χ0) is 39.6. The Hall–Kier alpha value is -3.68. The highest BCUT2D eigenvalue weighted by atomic mass is 32.2. The lowest BCUT2D eigenvalue weighted by atomic mass is 9.88. The number of rotatable bonds is 17. The fraction of sp³-hybridized carbons (Fsp3) is 0.535. The normalized spacial score (nSPS) is 19.6. The van der Waals surface area contributed by atoms with E-state index in [0.29, 0.717) is 38.4 Å². The fourth-order valence-corrected chi connectivity index (χ4v) is 8.80. The highest BCUT2D eigenvalue weighted by Gasteiger charge is 2.56. The van der Waals surface area contributed by atoms with Crippen molar-refractivity contribution in [2.24, 2.45) is 0 Å². The number of hydrogen-bond acceptors (Lipinski definition) is 7. The summed E-state index contributed by atoms with van der Waals surface area (Å²) in [5, 5.41) is 0. The van der Waals surface area contributed by atoms with Crippen LogP contribution in [0.5, 0.6) is 17.2 Å². The summed E-state index contributed by atoms with van der Waals surface area (Å²) in [4.78, 5) is 0. The molecule has 0 N–H and O–H groups in total. The van der Waals surface area contributed by atoms with E-state index in [1.54, 1.807) is 0 Å². The molecule has 2 fully saturated rings. The van der Waals surface area contributed by atoms with E-state index in [-0.39, 0.29) is 24.8 Å². The highest BCUT2D eigenvalue weighted by molar-refractivity contribution is 7.91. The Labute approximate surface area is 326 Å². The lowest BCUT2D eigenvalue weighted by molar-refractivity contribution is -0.284. The van der Waals surface area contributed by atoms with Gasteiger partial charge in [-0.2, -0.15) is 22.0 Å². The van der Waals surface area contributed by atoms with Gasteiger partial charge in [0.25, 0.3) is 0 Å². The van der Waals surface area contributed by atoms with Crippen molar-refractivity contribution >= 4 is 21.0 Å². The van der Waals surface area contributed by atoms with Crippen molar-refractivity contribution in [1.29, 1.82) is 0 Å². The van der Waals surface area contributed by atoms with Crippen LogP contribution in [0, 0.1) is 0 Å². The van der Waals surface area contributed by atoms with E-state index >= 15 is 0 Å². The van der Waals surface area contributed by atoms with Gasteiger partial charge in [-0.3, -0.25) is 0 Å². The largest absolute Gasteiger partial charge is 0.494 e. The van der Waals surface area contributed by atoms with Crippen molar-refractivity contribution < 1.29 is 54.1 Å². The Morgan fingerprint density at radius 3 is 1.89 bits per heavy atom. The van der Waals surface area contributed by atoms with Crippen LogP contribution < -0.4 is 14.2 Å². The molecular formula is C43H51F5O7S. The van der Waals surface area contributed by atoms with Gasteiger partial charge in [-0.25, -0.2) is 8.42 Å². The molecule has 0 amide bonds. The highest BCUT2D eigenvalue weighted by Crippen LogP contribution is 2.42. The number of benzene rings is 3. The van der Waals surface area contributed by atoms with Gasteiger partial charge in [0.1, 0.15) is 27.1 Å². The van der Waals surface area contributed by atoms with E-state index in [1.807, 2.05) is 42.5 Å². The lowest BCUT2D eigenvalue weighted by Crippen LogP contribution is -2.36. The van der Waals surface area contributed by atoms with Crippen molar-refractivity contribution in [2.75, 3.05) is 31.3 Å². The number of allylic oxidation sites excluding steroid dienone is 1. The number of aryl methyl sites for hydroxylation is 1. The standard InChI is InChI=1S/C43H51F5O7S/c44-42(45,43(46,47)48)24-9-29-56(49,50)28-7-1-4-25-51-34-18-16-32(17-19-34)41-37(31-14-20-35(21-15-31)54-39-12-2-5-26-52-39)11-8-10-33-30-36(22-23-38(33)41)55-40-13-3-6-27-53-40/h14-23,30,39-40H,1-13,24-29H2.